The molecule has 0 radical (unpaired) electrons. The predicted molar refractivity (Wildman–Crippen MR) is 97.4 cm³/mol. The highest BCUT2D eigenvalue weighted by Gasteiger charge is 2.59. The van der Waals surface area contributed by atoms with Gasteiger partial charge in [-0.3, -0.25) is 39.7 Å². The molecule has 1 aromatic carbocycles. The number of likely N-dealkylation sites (tertiary alicyclic amines) is 1. The molecule has 4 amide bonds. The summed E-state index contributed by atoms with van der Waals surface area (Å²) in [7, 11) is 0. The van der Waals surface area contributed by atoms with E-state index in [1.165, 1.54) is 0 Å². The average Bonchev–Trinajstić information content (AvgIpc) is 3.41. The van der Waals surface area contributed by atoms with Crippen molar-refractivity contribution in [1.29, 1.82) is 0 Å². The maximum Gasteiger partial charge on any atom is 0.326 e. The summed E-state index contributed by atoms with van der Waals surface area (Å²) >= 11 is 0. The standard InChI is InChI=1S/C20H19N3O6/c24-14(21-22-18(26)11-4-2-1-3-5-11)10-29-15(25)9-23-19(27)16-12-6-7-13(8-12)17(16)20(23)28/h1-7,12-13,16-17H,8-10H2,(H,21,24)(H,22,26)/t12-,13-,16+,17+/m1/s1. The van der Waals surface area contributed by atoms with Crippen LogP contribution < -0.4 is 10.9 Å². The largest absolute Gasteiger partial charge is 0.454 e. The molecule has 29 heavy (non-hydrogen) atoms. The van der Waals surface area contributed by atoms with Crippen LogP contribution in [0.4, 0.5) is 0 Å². The Balaban J connectivity index is 1.22. The van der Waals surface area contributed by atoms with Crippen molar-refractivity contribution in [3.63, 3.8) is 0 Å². The van der Waals surface area contributed by atoms with Crippen molar-refractivity contribution in [3.8, 4) is 0 Å². The van der Waals surface area contributed by atoms with Crippen molar-refractivity contribution in [1.82, 2.24) is 15.8 Å². The Morgan fingerprint density at radius 3 is 2.21 bits per heavy atom. The Morgan fingerprint density at radius 2 is 1.59 bits per heavy atom. The van der Waals surface area contributed by atoms with Crippen molar-refractivity contribution in [2.24, 2.45) is 23.7 Å². The van der Waals surface area contributed by atoms with Gasteiger partial charge in [-0.2, -0.15) is 0 Å². The van der Waals surface area contributed by atoms with E-state index in [1.54, 1.807) is 30.3 Å². The molecule has 0 unspecified atom stereocenters. The van der Waals surface area contributed by atoms with Gasteiger partial charge >= 0.3 is 5.97 Å². The number of carbonyl (C=O) groups excluding carboxylic acids is 5. The number of imide groups is 1. The monoisotopic (exact) mass is 397 g/mol. The van der Waals surface area contributed by atoms with Gasteiger partial charge < -0.3 is 4.74 Å². The van der Waals surface area contributed by atoms with Gasteiger partial charge in [0.2, 0.25) is 11.8 Å². The van der Waals surface area contributed by atoms with Crippen LogP contribution in [0.1, 0.15) is 16.8 Å². The predicted octanol–water partition coefficient (Wildman–Crippen LogP) is -0.202. The molecule has 3 aliphatic rings. The van der Waals surface area contributed by atoms with Gasteiger partial charge in [0.05, 0.1) is 11.8 Å². The fourth-order valence-electron chi connectivity index (χ4n) is 4.26. The first kappa shape index (κ1) is 18.9. The molecule has 9 heteroatoms. The van der Waals surface area contributed by atoms with E-state index in [-0.39, 0.29) is 35.5 Å². The first-order valence-corrected chi connectivity index (χ1v) is 9.29. The zero-order valence-corrected chi connectivity index (χ0v) is 15.4. The summed E-state index contributed by atoms with van der Waals surface area (Å²) in [6.07, 6.45) is 4.74. The summed E-state index contributed by atoms with van der Waals surface area (Å²) in [5, 5.41) is 0. The molecule has 0 spiro atoms. The normalized spacial score (nSPS) is 26.4. The van der Waals surface area contributed by atoms with Crippen molar-refractivity contribution in [3.05, 3.63) is 48.0 Å². The Morgan fingerprint density at radius 1 is 0.966 bits per heavy atom. The molecule has 2 bridgehead atoms. The highest BCUT2D eigenvalue weighted by atomic mass is 16.5. The fraction of sp³-hybridized carbons (Fsp3) is 0.350. The maximum absolute atomic E-state index is 12.5. The van der Waals surface area contributed by atoms with Crippen LogP contribution in [0.25, 0.3) is 0 Å². The zero-order chi connectivity index (χ0) is 20.5. The van der Waals surface area contributed by atoms with E-state index in [4.69, 9.17) is 4.74 Å². The number of rotatable bonds is 5. The third-order valence-corrected chi connectivity index (χ3v) is 5.56. The minimum absolute atomic E-state index is 0.0569. The number of benzene rings is 1. The lowest BCUT2D eigenvalue weighted by atomic mass is 9.85. The van der Waals surface area contributed by atoms with Crippen LogP contribution in [0.3, 0.4) is 0 Å². The summed E-state index contributed by atoms with van der Waals surface area (Å²) in [6.45, 7) is -1.17. The smallest absolute Gasteiger partial charge is 0.326 e. The number of amides is 4. The quantitative estimate of drug-likeness (QED) is 0.307. The van der Waals surface area contributed by atoms with Gasteiger partial charge in [-0.1, -0.05) is 30.4 Å². The minimum Gasteiger partial charge on any atom is -0.454 e. The van der Waals surface area contributed by atoms with E-state index >= 15 is 0 Å². The van der Waals surface area contributed by atoms with Gasteiger partial charge in [0, 0.05) is 5.56 Å². The van der Waals surface area contributed by atoms with Crippen LogP contribution in [0.2, 0.25) is 0 Å². The van der Waals surface area contributed by atoms with Crippen LogP contribution in [0.15, 0.2) is 42.5 Å². The van der Waals surface area contributed by atoms with Crippen molar-refractivity contribution in [2.45, 2.75) is 6.42 Å². The van der Waals surface area contributed by atoms with Gasteiger partial charge in [0.1, 0.15) is 6.54 Å². The lowest BCUT2D eigenvalue weighted by molar-refractivity contribution is -0.155. The van der Waals surface area contributed by atoms with Gasteiger partial charge in [-0.05, 0) is 30.4 Å². The highest BCUT2D eigenvalue weighted by molar-refractivity contribution is 6.08. The minimum atomic E-state index is -0.864. The molecule has 2 fully saturated rings. The molecule has 1 saturated heterocycles. The van der Waals surface area contributed by atoms with Gasteiger partial charge in [0.15, 0.2) is 6.61 Å². The van der Waals surface area contributed by atoms with Crippen molar-refractivity contribution < 1.29 is 28.7 Å². The number of carbonyl (C=O) groups is 5. The van der Waals surface area contributed by atoms with Gasteiger partial charge in [-0.15, -0.1) is 0 Å². The van der Waals surface area contributed by atoms with E-state index in [1.807, 2.05) is 12.2 Å². The number of esters is 1. The number of ether oxygens (including phenoxy) is 1. The maximum atomic E-state index is 12.5. The molecular formula is C20H19N3O6. The Kier molecular flexibility index (Phi) is 4.87. The molecule has 1 aromatic rings. The molecule has 2 aliphatic carbocycles. The lowest BCUT2D eigenvalue weighted by Crippen LogP contribution is -2.44. The fourth-order valence-corrected chi connectivity index (χ4v) is 4.26. The summed E-state index contributed by atoms with van der Waals surface area (Å²) in [6, 6.07) is 8.24. The molecular weight excluding hydrogens is 378 g/mol. The molecule has 4 rings (SSSR count). The number of nitrogens with one attached hydrogen (secondary N) is 2. The Labute approximate surface area is 166 Å². The van der Waals surface area contributed by atoms with E-state index in [0.29, 0.717) is 5.56 Å². The number of allylic oxidation sites excluding steroid dienone is 2. The summed E-state index contributed by atoms with van der Waals surface area (Å²) in [5.41, 5.74) is 4.68. The molecule has 9 nitrogen and oxygen atoms in total. The second kappa shape index (κ2) is 7.50. The molecule has 2 N–H and O–H groups in total. The van der Waals surface area contributed by atoms with Crippen LogP contribution in [0, 0.1) is 23.7 Å². The van der Waals surface area contributed by atoms with Crippen LogP contribution in [0.5, 0.6) is 0 Å². The summed E-state index contributed by atoms with van der Waals surface area (Å²) in [5.74, 6) is -3.50. The topological polar surface area (TPSA) is 122 Å². The SMILES string of the molecule is O=C(COC(=O)CN1C(=O)[C@@H]2[C@@H](C1=O)[C@@H]1C=C[C@@H]2C1)NNC(=O)c1ccccc1. The first-order valence-electron chi connectivity index (χ1n) is 9.29. The number of hydrazine groups is 1. The zero-order valence-electron chi connectivity index (χ0n) is 15.4. The van der Waals surface area contributed by atoms with Gasteiger partial charge in [-0.25, -0.2) is 0 Å². The van der Waals surface area contributed by atoms with E-state index < -0.39 is 30.9 Å². The Bertz CT molecular complexity index is 882. The molecule has 150 valence electrons. The summed E-state index contributed by atoms with van der Waals surface area (Å²) < 4.78 is 4.83. The van der Waals surface area contributed by atoms with Crippen LogP contribution >= 0.6 is 0 Å². The molecule has 1 aliphatic heterocycles. The van der Waals surface area contributed by atoms with Gasteiger partial charge in [0.25, 0.3) is 11.8 Å². The molecule has 1 saturated carbocycles. The Hall–Kier alpha value is -3.49. The van der Waals surface area contributed by atoms with Crippen molar-refractivity contribution >= 4 is 29.6 Å². The molecule has 1 heterocycles. The number of hydrogen-bond acceptors (Lipinski definition) is 6. The second-order valence-corrected chi connectivity index (χ2v) is 7.29. The second-order valence-electron chi connectivity index (χ2n) is 7.29. The number of hydrogen-bond donors (Lipinski definition) is 2. The van der Waals surface area contributed by atoms with Crippen LogP contribution in [-0.2, 0) is 23.9 Å². The lowest BCUT2D eigenvalue weighted by Gasteiger charge is -2.16. The third kappa shape index (κ3) is 3.51. The van der Waals surface area contributed by atoms with E-state index in [2.05, 4.69) is 10.9 Å². The number of fused-ring (bicyclic) bond motifs is 5. The van der Waals surface area contributed by atoms with Crippen molar-refractivity contribution in [2.75, 3.05) is 13.2 Å². The highest BCUT2D eigenvalue weighted by Crippen LogP contribution is 2.52. The average molecular weight is 397 g/mol. The number of nitrogens with zero attached hydrogens (tertiary/aromatic N) is 1. The summed E-state index contributed by atoms with van der Waals surface area (Å²) in [4.78, 5) is 61.5. The van der Waals surface area contributed by atoms with E-state index in [0.717, 1.165) is 11.3 Å². The molecule has 0 aromatic heterocycles. The van der Waals surface area contributed by atoms with E-state index in [9.17, 15) is 24.0 Å². The molecule has 4 atom stereocenters. The third-order valence-electron chi connectivity index (χ3n) is 5.56. The van der Waals surface area contributed by atoms with Crippen LogP contribution in [-0.4, -0.2) is 47.6 Å². The first-order chi connectivity index (χ1) is 14.0.